The third-order valence-electron chi connectivity index (χ3n) is 5.63. The lowest BCUT2D eigenvalue weighted by Crippen LogP contribution is -2.07. The molecule has 0 spiro atoms. The van der Waals surface area contributed by atoms with E-state index >= 15 is 0 Å². The zero-order valence-electron chi connectivity index (χ0n) is 18.9. The zero-order valence-corrected chi connectivity index (χ0v) is 19.7. The Labute approximate surface area is 201 Å². The molecule has 0 bridgehead atoms. The van der Waals surface area contributed by atoms with Crippen LogP contribution in [0.2, 0.25) is 0 Å². The van der Waals surface area contributed by atoms with Crippen molar-refractivity contribution in [3.63, 3.8) is 0 Å². The van der Waals surface area contributed by atoms with Crippen molar-refractivity contribution < 1.29 is 14.3 Å². The van der Waals surface area contributed by atoms with E-state index in [9.17, 15) is 4.79 Å². The average molecular weight is 474 g/mol. The summed E-state index contributed by atoms with van der Waals surface area (Å²) in [5.41, 5.74) is 4.33. The number of carbonyl (C=O) groups is 1. The van der Waals surface area contributed by atoms with Crippen molar-refractivity contribution in [2.24, 2.45) is 0 Å². The van der Waals surface area contributed by atoms with Gasteiger partial charge in [-0.3, -0.25) is 14.3 Å². The normalized spacial score (nSPS) is 12.2. The van der Waals surface area contributed by atoms with Crippen LogP contribution in [0, 0.1) is 13.8 Å². The molecule has 0 saturated heterocycles. The summed E-state index contributed by atoms with van der Waals surface area (Å²) in [4.78, 5) is 17.4. The van der Waals surface area contributed by atoms with Crippen LogP contribution >= 0.6 is 11.8 Å². The number of benzene rings is 1. The van der Waals surface area contributed by atoms with Gasteiger partial charge in [-0.2, -0.15) is 0 Å². The molecule has 0 N–H and O–H groups in total. The number of thioether (sulfide) groups is 1. The molecule has 0 unspecified atom stereocenters. The number of aromatic nitrogens is 5. The largest absolute Gasteiger partial charge is 0.454 e. The monoisotopic (exact) mass is 473 g/mol. The van der Waals surface area contributed by atoms with Crippen molar-refractivity contribution in [2.45, 2.75) is 25.5 Å². The number of aryl methyl sites for hydroxylation is 1. The van der Waals surface area contributed by atoms with E-state index in [2.05, 4.69) is 26.3 Å². The first kappa shape index (κ1) is 22.0. The number of carbonyl (C=O) groups excluding carboxylic acids is 1. The highest BCUT2D eigenvalue weighted by Gasteiger charge is 2.21. The number of Topliss-reactive ketones (excluding diaryl/α,β-unsaturated/α-hetero) is 1. The molecule has 4 heterocycles. The first-order valence-electron chi connectivity index (χ1n) is 10.8. The highest BCUT2D eigenvalue weighted by atomic mass is 32.2. The third kappa shape index (κ3) is 3.99. The van der Waals surface area contributed by atoms with Crippen molar-refractivity contribution in [3.05, 3.63) is 78.4 Å². The summed E-state index contributed by atoms with van der Waals surface area (Å²) >= 11 is 1.37. The topological polar surface area (TPSA) is 84.1 Å². The van der Waals surface area contributed by atoms with Crippen LogP contribution in [0.1, 0.15) is 21.7 Å². The van der Waals surface area contributed by atoms with Gasteiger partial charge < -0.3 is 14.0 Å². The highest BCUT2D eigenvalue weighted by molar-refractivity contribution is 7.99. The first-order valence-corrected chi connectivity index (χ1v) is 11.7. The van der Waals surface area contributed by atoms with Gasteiger partial charge in [0.15, 0.2) is 28.3 Å². The van der Waals surface area contributed by atoms with Crippen molar-refractivity contribution in [1.82, 2.24) is 24.3 Å². The maximum atomic E-state index is 13.2. The molecular weight excluding hydrogens is 450 g/mol. The van der Waals surface area contributed by atoms with E-state index in [4.69, 9.17) is 9.47 Å². The second-order valence-corrected chi connectivity index (χ2v) is 8.76. The second-order valence-electron chi connectivity index (χ2n) is 7.82. The van der Waals surface area contributed by atoms with E-state index in [1.54, 1.807) is 18.5 Å². The van der Waals surface area contributed by atoms with E-state index in [1.807, 2.05) is 54.8 Å². The molecule has 9 heteroatoms. The van der Waals surface area contributed by atoms with Gasteiger partial charge in [0, 0.05) is 53.2 Å². The Hall–Kier alpha value is -3.85. The Kier molecular flexibility index (Phi) is 5.93. The maximum Gasteiger partial charge on any atom is 0.231 e. The summed E-state index contributed by atoms with van der Waals surface area (Å²) in [6, 6.07) is 11.5. The smallest absolute Gasteiger partial charge is 0.231 e. The van der Waals surface area contributed by atoms with Gasteiger partial charge >= 0.3 is 0 Å². The van der Waals surface area contributed by atoms with Gasteiger partial charge in [0.25, 0.3) is 0 Å². The summed E-state index contributed by atoms with van der Waals surface area (Å²) in [5.74, 6) is 2.41. The lowest BCUT2D eigenvalue weighted by Gasteiger charge is -2.11. The Morgan fingerprint density at radius 1 is 1.18 bits per heavy atom. The number of fused-ring (bicyclic) bond motifs is 1. The molecule has 34 heavy (non-hydrogen) atoms. The van der Waals surface area contributed by atoms with Crippen LogP contribution in [0.3, 0.4) is 0 Å². The Morgan fingerprint density at radius 2 is 2.03 bits per heavy atom. The zero-order chi connectivity index (χ0) is 23.7. The lowest BCUT2D eigenvalue weighted by atomic mass is 10.2. The van der Waals surface area contributed by atoms with Crippen LogP contribution in [0.25, 0.3) is 17.1 Å². The van der Waals surface area contributed by atoms with Crippen LogP contribution in [0.4, 0.5) is 0 Å². The van der Waals surface area contributed by atoms with Crippen LogP contribution < -0.4 is 9.47 Å². The molecule has 5 rings (SSSR count). The molecule has 4 aromatic rings. The van der Waals surface area contributed by atoms with Crippen LogP contribution in [-0.2, 0) is 6.54 Å². The van der Waals surface area contributed by atoms with Crippen molar-refractivity contribution >= 4 is 17.5 Å². The molecule has 8 nitrogen and oxygen atoms in total. The quantitative estimate of drug-likeness (QED) is 0.209. The number of hydrogen-bond acceptors (Lipinski definition) is 7. The molecule has 172 valence electrons. The number of pyridine rings is 1. The Bertz CT molecular complexity index is 1380. The van der Waals surface area contributed by atoms with E-state index in [0.717, 1.165) is 28.4 Å². The fraction of sp³-hybridized carbons (Fsp3) is 0.200. The van der Waals surface area contributed by atoms with Crippen molar-refractivity contribution in [1.29, 1.82) is 0 Å². The van der Waals surface area contributed by atoms with Gasteiger partial charge in [0.05, 0.1) is 5.75 Å². The van der Waals surface area contributed by atoms with Crippen LogP contribution in [0.5, 0.6) is 11.5 Å². The predicted molar refractivity (Wildman–Crippen MR) is 130 cm³/mol. The number of nitrogens with zero attached hydrogens (tertiary/aromatic N) is 5. The second kappa shape index (κ2) is 9.18. The Morgan fingerprint density at radius 3 is 2.82 bits per heavy atom. The Balaban J connectivity index is 1.37. The number of allylic oxidation sites excluding steroid dienone is 1. The minimum atomic E-state index is 0.0289. The number of rotatable bonds is 8. The maximum absolute atomic E-state index is 13.2. The number of ether oxygens (including phenoxy) is 2. The molecule has 3 aromatic heterocycles. The summed E-state index contributed by atoms with van der Waals surface area (Å²) < 4.78 is 14.9. The summed E-state index contributed by atoms with van der Waals surface area (Å²) in [6.45, 7) is 8.54. The van der Waals surface area contributed by atoms with E-state index in [0.29, 0.717) is 28.8 Å². The minimum Gasteiger partial charge on any atom is -0.454 e. The molecule has 0 saturated carbocycles. The lowest BCUT2D eigenvalue weighted by molar-refractivity contribution is 0.102. The minimum absolute atomic E-state index is 0.0289. The van der Waals surface area contributed by atoms with Crippen LogP contribution in [-0.4, -0.2) is 42.6 Å². The van der Waals surface area contributed by atoms with E-state index in [1.165, 1.54) is 11.8 Å². The molecule has 1 aliphatic heterocycles. The van der Waals surface area contributed by atoms with E-state index < -0.39 is 0 Å². The molecule has 0 aliphatic carbocycles. The van der Waals surface area contributed by atoms with Gasteiger partial charge in [-0.25, -0.2) is 0 Å². The molecule has 1 aliphatic rings. The number of ketones is 1. The SMILES string of the molecule is C=CCn1c(SCC(=O)c2cc(C)n(-c3ccc4c(c3)OCO4)c2C)nnc1-c1cccnc1. The molecule has 0 radical (unpaired) electrons. The molecule has 0 atom stereocenters. The molecule has 0 amide bonds. The third-order valence-corrected chi connectivity index (χ3v) is 6.59. The van der Waals surface area contributed by atoms with Crippen molar-refractivity contribution in [2.75, 3.05) is 12.5 Å². The molecule has 1 aromatic carbocycles. The van der Waals surface area contributed by atoms with Gasteiger partial charge in [0.1, 0.15) is 0 Å². The summed E-state index contributed by atoms with van der Waals surface area (Å²) in [5, 5.41) is 9.31. The van der Waals surface area contributed by atoms with Gasteiger partial charge in [-0.15, -0.1) is 16.8 Å². The van der Waals surface area contributed by atoms with Gasteiger partial charge in [-0.05, 0) is 44.2 Å². The fourth-order valence-electron chi connectivity index (χ4n) is 4.07. The summed E-state index contributed by atoms with van der Waals surface area (Å²) in [7, 11) is 0. The summed E-state index contributed by atoms with van der Waals surface area (Å²) in [6.07, 6.45) is 5.24. The molecule has 0 fully saturated rings. The predicted octanol–water partition coefficient (Wildman–Crippen LogP) is 4.64. The van der Waals surface area contributed by atoms with Crippen LogP contribution in [0.15, 0.2) is 66.6 Å². The number of hydrogen-bond donors (Lipinski definition) is 0. The van der Waals surface area contributed by atoms with Gasteiger partial charge in [0.2, 0.25) is 6.79 Å². The highest BCUT2D eigenvalue weighted by Crippen LogP contribution is 2.35. The average Bonchev–Trinajstić information content (AvgIpc) is 3.55. The van der Waals surface area contributed by atoms with Crippen molar-refractivity contribution in [3.8, 4) is 28.6 Å². The molecular formula is C25H23N5O3S. The van der Waals surface area contributed by atoms with E-state index in [-0.39, 0.29) is 18.3 Å². The fourth-order valence-corrected chi connectivity index (χ4v) is 4.90. The first-order chi connectivity index (χ1) is 16.6. The standard InChI is InChI=1S/C25H23N5O3S/c1-4-10-29-24(18-6-5-9-26-13-18)27-28-25(29)34-14-21(31)20-11-16(2)30(17(20)3)19-7-8-22-23(12-19)33-15-32-22/h4-9,11-13H,1,10,14-15H2,2-3H3. The van der Waals surface area contributed by atoms with Gasteiger partial charge in [-0.1, -0.05) is 17.8 Å².